The van der Waals surface area contributed by atoms with E-state index in [0.717, 1.165) is 31.5 Å². The van der Waals surface area contributed by atoms with E-state index in [9.17, 15) is 9.90 Å². The minimum atomic E-state index is -0.204. The van der Waals surface area contributed by atoms with Crippen molar-refractivity contribution in [1.29, 1.82) is 0 Å². The normalized spacial score (nSPS) is 15.6. The molecule has 23 heavy (non-hydrogen) atoms. The van der Waals surface area contributed by atoms with Gasteiger partial charge in [0.2, 0.25) is 0 Å². The Hall–Kier alpha value is -2.27. The van der Waals surface area contributed by atoms with Gasteiger partial charge in [0, 0.05) is 31.9 Å². The van der Waals surface area contributed by atoms with Gasteiger partial charge in [-0.1, -0.05) is 12.1 Å². The van der Waals surface area contributed by atoms with Crippen LogP contribution in [0.1, 0.15) is 29.0 Å². The first-order chi connectivity index (χ1) is 11.3. The SMILES string of the molecule is O=C(NCc1ccc(N2CCC(CO)CC2)cc1)c1ccco1. The van der Waals surface area contributed by atoms with Crippen molar-refractivity contribution in [2.45, 2.75) is 19.4 Å². The van der Waals surface area contributed by atoms with Crippen molar-refractivity contribution in [2.75, 3.05) is 24.6 Å². The fourth-order valence-corrected chi connectivity index (χ4v) is 2.88. The summed E-state index contributed by atoms with van der Waals surface area (Å²) in [6.45, 7) is 2.74. The Labute approximate surface area is 135 Å². The summed E-state index contributed by atoms with van der Waals surface area (Å²) in [7, 11) is 0. The standard InChI is InChI=1S/C18H22N2O3/c21-13-15-7-9-20(10-8-15)16-5-3-14(4-6-16)12-19-18(22)17-2-1-11-23-17/h1-6,11,15,21H,7-10,12-13H2,(H,19,22). The predicted molar refractivity (Wildman–Crippen MR) is 88.3 cm³/mol. The number of anilines is 1. The van der Waals surface area contributed by atoms with Crippen LogP contribution in [0, 0.1) is 5.92 Å². The van der Waals surface area contributed by atoms with E-state index in [1.807, 2.05) is 12.1 Å². The van der Waals surface area contributed by atoms with Gasteiger partial charge in [-0.2, -0.15) is 0 Å². The van der Waals surface area contributed by atoms with E-state index in [1.54, 1.807) is 12.1 Å². The van der Waals surface area contributed by atoms with Gasteiger partial charge in [0.05, 0.1) is 6.26 Å². The van der Waals surface area contributed by atoms with Crippen LogP contribution in [0.4, 0.5) is 5.69 Å². The first kappa shape index (κ1) is 15.6. The van der Waals surface area contributed by atoms with Gasteiger partial charge in [-0.15, -0.1) is 0 Å². The monoisotopic (exact) mass is 314 g/mol. The summed E-state index contributed by atoms with van der Waals surface area (Å²) in [5.41, 5.74) is 2.25. The van der Waals surface area contributed by atoms with Crippen LogP contribution in [0.5, 0.6) is 0 Å². The molecule has 2 N–H and O–H groups in total. The highest BCUT2D eigenvalue weighted by atomic mass is 16.3. The molecule has 1 aromatic heterocycles. The van der Waals surface area contributed by atoms with Gasteiger partial charge in [-0.05, 0) is 48.6 Å². The molecule has 0 aliphatic carbocycles. The average molecular weight is 314 g/mol. The second-order valence-electron chi connectivity index (χ2n) is 5.94. The van der Waals surface area contributed by atoms with Crippen molar-refractivity contribution in [3.8, 4) is 0 Å². The molecule has 122 valence electrons. The number of benzene rings is 1. The molecule has 1 aromatic carbocycles. The molecule has 0 unspecified atom stereocenters. The zero-order valence-corrected chi connectivity index (χ0v) is 13.1. The Balaban J connectivity index is 1.52. The number of carbonyl (C=O) groups is 1. The molecule has 1 aliphatic heterocycles. The average Bonchev–Trinajstić information content (AvgIpc) is 3.15. The predicted octanol–water partition coefficient (Wildman–Crippen LogP) is 2.42. The van der Waals surface area contributed by atoms with E-state index < -0.39 is 0 Å². The Morgan fingerprint density at radius 1 is 1.22 bits per heavy atom. The van der Waals surface area contributed by atoms with Gasteiger partial charge < -0.3 is 19.7 Å². The van der Waals surface area contributed by atoms with Crippen molar-refractivity contribution in [2.24, 2.45) is 5.92 Å². The minimum Gasteiger partial charge on any atom is -0.459 e. The van der Waals surface area contributed by atoms with E-state index in [0.29, 0.717) is 24.8 Å². The summed E-state index contributed by atoms with van der Waals surface area (Å²) in [4.78, 5) is 14.2. The molecule has 3 rings (SSSR count). The number of aliphatic hydroxyl groups is 1. The molecule has 2 heterocycles. The Bertz CT molecular complexity index is 614. The van der Waals surface area contributed by atoms with Crippen molar-refractivity contribution >= 4 is 11.6 Å². The molecular formula is C18H22N2O3. The molecule has 2 aromatic rings. The van der Waals surface area contributed by atoms with Gasteiger partial charge in [-0.25, -0.2) is 0 Å². The van der Waals surface area contributed by atoms with Crippen molar-refractivity contribution in [3.63, 3.8) is 0 Å². The lowest BCUT2D eigenvalue weighted by Crippen LogP contribution is -2.34. The summed E-state index contributed by atoms with van der Waals surface area (Å²) in [5.74, 6) is 0.570. The number of carbonyl (C=O) groups excluding carboxylic acids is 1. The number of hydrogen-bond donors (Lipinski definition) is 2. The number of piperidine rings is 1. The maximum Gasteiger partial charge on any atom is 0.287 e. The second-order valence-corrected chi connectivity index (χ2v) is 5.94. The maximum atomic E-state index is 11.8. The van der Waals surface area contributed by atoms with E-state index >= 15 is 0 Å². The molecule has 0 saturated carbocycles. The molecular weight excluding hydrogens is 292 g/mol. The number of amides is 1. The second kappa shape index (κ2) is 7.33. The quantitative estimate of drug-likeness (QED) is 0.889. The van der Waals surface area contributed by atoms with Gasteiger partial charge in [0.1, 0.15) is 0 Å². The summed E-state index contributed by atoms with van der Waals surface area (Å²) >= 11 is 0. The van der Waals surface area contributed by atoms with E-state index in [1.165, 1.54) is 12.0 Å². The number of aliphatic hydroxyl groups excluding tert-OH is 1. The first-order valence-corrected chi connectivity index (χ1v) is 8.02. The number of rotatable bonds is 5. The Kier molecular flexibility index (Phi) is 4.98. The highest BCUT2D eigenvalue weighted by Gasteiger charge is 2.18. The zero-order valence-electron chi connectivity index (χ0n) is 13.1. The highest BCUT2D eigenvalue weighted by molar-refractivity contribution is 5.91. The maximum absolute atomic E-state index is 11.8. The molecule has 0 spiro atoms. The van der Waals surface area contributed by atoms with E-state index in [-0.39, 0.29) is 5.91 Å². The summed E-state index contributed by atoms with van der Waals surface area (Å²) in [5, 5.41) is 12.0. The van der Waals surface area contributed by atoms with Crippen LogP contribution in [0.3, 0.4) is 0 Å². The third kappa shape index (κ3) is 3.93. The lowest BCUT2D eigenvalue weighted by Gasteiger charge is -2.33. The van der Waals surface area contributed by atoms with Crippen molar-refractivity contribution in [1.82, 2.24) is 5.32 Å². The number of furan rings is 1. The first-order valence-electron chi connectivity index (χ1n) is 8.02. The largest absolute Gasteiger partial charge is 0.459 e. The molecule has 1 aliphatic rings. The number of nitrogens with one attached hydrogen (secondary N) is 1. The fourth-order valence-electron chi connectivity index (χ4n) is 2.88. The van der Waals surface area contributed by atoms with Gasteiger partial charge in [0.25, 0.3) is 5.91 Å². The number of nitrogens with zero attached hydrogens (tertiary/aromatic N) is 1. The molecule has 0 atom stereocenters. The zero-order chi connectivity index (χ0) is 16.1. The third-order valence-electron chi connectivity index (χ3n) is 4.37. The molecule has 1 saturated heterocycles. The summed E-state index contributed by atoms with van der Waals surface area (Å²) in [6, 6.07) is 11.6. The van der Waals surface area contributed by atoms with Crippen LogP contribution in [0.15, 0.2) is 47.1 Å². The van der Waals surface area contributed by atoms with Crippen molar-refractivity contribution in [3.05, 3.63) is 54.0 Å². The summed E-state index contributed by atoms with van der Waals surface area (Å²) in [6.07, 6.45) is 3.57. The molecule has 5 heteroatoms. The third-order valence-corrected chi connectivity index (χ3v) is 4.37. The highest BCUT2D eigenvalue weighted by Crippen LogP contribution is 2.23. The van der Waals surface area contributed by atoms with E-state index in [4.69, 9.17) is 4.42 Å². The minimum absolute atomic E-state index is 0.204. The van der Waals surface area contributed by atoms with Crippen LogP contribution < -0.4 is 10.2 Å². The van der Waals surface area contributed by atoms with Crippen molar-refractivity contribution < 1.29 is 14.3 Å². The Morgan fingerprint density at radius 3 is 2.57 bits per heavy atom. The number of hydrogen-bond acceptors (Lipinski definition) is 4. The molecule has 1 fully saturated rings. The van der Waals surface area contributed by atoms with Crippen LogP contribution in [-0.4, -0.2) is 30.7 Å². The van der Waals surface area contributed by atoms with Gasteiger partial charge >= 0.3 is 0 Å². The van der Waals surface area contributed by atoms with E-state index in [2.05, 4.69) is 22.3 Å². The van der Waals surface area contributed by atoms with Crippen LogP contribution in [0.2, 0.25) is 0 Å². The van der Waals surface area contributed by atoms with Gasteiger partial charge in [0.15, 0.2) is 5.76 Å². The smallest absolute Gasteiger partial charge is 0.287 e. The molecule has 0 radical (unpaired) electrons. The topological polar surface area (TPSA) is 65.7 Å². The lowest BCUT2D eigenvalue weighted by molar-refractivity contribution is 0.0923. The van der Waals surface area contributed by atoms with Crippen LogP contribution in [0.25, 0.3) is 0 Å². The molecule has 0 bridgehead atoms. The molecule has 1 amide bonds. The fraction of sp³-hybridized carbons (Fsp3) is 0.389. The van der Waals surface area contributed by atoms with Gasteiger partial charge in [-0.3, -0.25) is 4.79 Å². The molecule has 5 nitrogen and oxygen atoms in total. The summed E-state index contributed by atoms with van der Waals surface area (Å²) < 4.78 is 5.06. The van der Waals surface area contributed by atoms with Crippen LogP contribution in [-0.2, 0) is 6.54 Å². The van der Waals surface area contributed by atoms with Crippen LogP contribution >= 0.6 is 0 Å². The lowest BCUT2D eigenvalue weighted by atomic mass is 9.97. The Morgan fingerprint density at radius 2 is 1.96 bits per heavy atom.